The van der Waals surface area contributed by atoms with Crippen LogP contribution in [-0.4, -0.2) is 0 Å². The highest BCUT2D eigenvalue weighted by Crippen LogP contribution is 2.33. The Kier molecular flexibility index (Phi) is 2.76. The van der Waals surface area contributed by atoms with Gasteiger partial charge in [0.2, 0.25) is 0 Å². The first kappa shape index (κ1) is 9.57. The minimum Gasteiger partial charge on any atom is -0.0836 e. The molecule has 0 saturated heterocycles. The molecule has 2 heteroatoms. The third-order valence-corrected chi connectivity index (χ3v) is 2.57. The van der Waals surface area contributed by atoms with Crippen LogP contribution in [0, 0.1) is 6.07 Å². The summed E-state index contributed by atoms with van der Waals surface area (Å²) in [4.78, 5) is 0. The highest BCUT2D eigenvalue weighted by molar-refractivity contribution is 6.39. The van der Waals surface area contributed by atoms with Gasteiger partial charge in [0.25, 0.3) is 0 Å². The van der Waals surface area contributed by atoms with E-state index in [1.165, 1.54) is 0 Å². The van der Waals surface area contributed by atoms with Gasteiger partial charge in [0.05, 0.1) is 5.02 Å². The fourth-order valence-corrected chi connectivity index (χ4v) is 1.91. The second-order valence-electron chi connectivity index (χ2n) is 2.88. The van der Waals surface area contributed by atoms with E-state index in [9.17, 15) is 0 Å². The highest BCUT2D eigenvalue weighted by atomic mass is 35.5. The number of hydrogen-bond donors (Lipinski definition) is 0. The lowest BCUT2D eigenvalue weighted by atomic mass is 10.1. The lowest BCUT2D eigenvalue weighted by Crippen LogP contribution is -1.80. The van der Waals surface area contributed by atoms with Crippen LogP contribution in [0.15, 0.2) is 42.5 Å². The number of rotatable bonds is 1. The standard InChI is InChI=1S/C12H7Cl2/c13-10-7-4-8-11(14)12(10)9-5-2-1-3-6-9/h1-7H. The van der Waals surface area contributed by atoms with Crippen LogP contribution in [0.3, 0.4) is 0 Å². The van der Waals surface area contributed by atoms with Crippen LogP contribution in [-0.2, 0) is 0 Å². The predicted octanol–water partition coefficient (Wildman–Crippen LogP) is 4.46. The summed E-state index contributed by atoms with van der Waals surface area (Å²) in [6, 6.07) is 16.2. The molecule has 0 amide bonds. The molecule has 0 aromatic heterocycles. The van der Waals surface area contributed by atoms with E-state index in [2.05, 4.69) is 6.07 Å². The van der Waals surface area contributed by atoms with Crippen LogP contribution in [0.5, 0.6) is 0 Å². The van der Waals surface area contributed by atoms with E-state index in [1.54, 1.807) is 12.1 Å². The summed E-state index contributed by atoms with van der Waals surface area (Å²) in [6.07, 6.45) is 0. The van der Waals surface area contributed by atoms with Crippen molar-refractivity contribution >= 4 is 23.2 Å². The van der Waals surface area contributed by atoms with Crippen molar-refractivity contribution in [3.8, 4) is 11.1 Å². The van der Waals surface area contributed by atoms with E-state index in [0.717, 1.165) is 11.1 Å². The maximum absolute atomic E-state index is 6.06. The van der Waals surface area contributed by atoms with E-state index in [0.29, 0.717) is 10.0 Å². The molecule has 1 radical (unpaired) electrons. The molecule has 0 saturated carbocycles. The summed E-state index contributed by atoms with van der Waals surface area (Å²) >= 11 is 12.1. The topological polar surface area (TPSA) is 0 Å². The van der Waals surface area contributed by atoms with Crippen LogP contribution in [0.1, 0.15) is 0 Å². The van der Waals surface area contributed by atoms with Crippen molar-refractivity contribution in [2.24, 2.45) is 0 Å². The second-order valence-corrected chi connectivity index (χ2v) is 3.67. The summed E-state index contributed by atoms with van der Waals surface area (Å²) in [7, 11) is 0. The Morgan fingerprint density at radius 3 is 2.29 bits per heavy atom. The Morgan fingerprint density at radius 1 is 0.929 bits per heavy atom. The van der Waals surface area contributed by atoms with E-state index in [4.69, 9.17) is 23.2 Å². The van der Waals surface area contributed by atoms with Gasteiger partial charge in [-0.05, 0) is 11.6 Å². The molecule has 0 N–H and O–H groups in total. The lowest BCUT2D eigenvalue weighted by Gasteiger charge is -2.05. The Hall–Kier alpha value is -0.980. The van der Waals surface area contributed by atoms with E-state index in [1.807, 2.05) is 30.3 Å². The molecule has 0 bridgehead atoms. The monoisotopic (exact) mass is 221 g/mol. The van der Waals surface area contributed by atoms with Crippen molar-refractivity contribution in [1.82, 2.24) is 0 Å². The first-order valence-corrected chi connectivity index (χ1v) is 4.96. The first-order valence-electron chi connectivity index (χ1n) is 4.20. The molecule has 0 aliphatic carbocycles. The van der Waals surface area contributed by atoms with Gasteiger partial charge < -0.3 is 0 Å². The largest absolute Gasteiger partial charge is 0.0836 e. The maximum Gasteiger partial charge on any atom is 0.0578 e. The van der Waals surface area contributed by atoms with E-state index < -0.39 is 0 Å². The van der Waals surface area contributed by atoms with Crippen molar-refractivity contribution in [3.05, 3.63) is 58.6 Å². The zero-order valence-corrected chi connectivity index (χ0v) is 8.81. The van der Waals surface area contributed by atoms with Crippen molar-refractivity contribution in [1.29, 1.82) is 0 Å². The van der Waals surface area contributed by atoms with Gasteiger partial charge >= 0.3 is 0 Å². The number of benzene rings is 2. The first-order chi connectivity index (χ1) is 6.79. The summed E-state index contributed by atoms with van der Waals surface area (Å²) in [5.74, 6) is 0. The molecular weight excluding hydrogens is 215 g/mol. The van der Waals surface area contributed by atoms with E-state index >= 15 is 0 Å². The minimum absolute atomic E-state index is 0.559. The van der Waals surface area contributed by atoms with Crippen LogP contribution in [0.25, 0.3) is 11.1 Å². The van der Waals surface area contributed by atoms with Crippen LogP contribution in [0.4, 0.5) is 0 Å². The van der Waals surface area contributed by atoms with Gasteiger partial charge in [-0.3, -0.25) is 0 Å². The second kappa shape index (κ2) is 4.04. The minimum atomic E-state index is 0.559. The molecule has 2 aromatic carbocycles. The zero-order valence-electron chi connectivity index (χ0n) is 7.30. The summed E-state index contributed by atoms with van der Waals surface area (Å²) in [5, 5.41) is 1.21. The van der Waals surface area contributed by atoms with Crippen molar-refractivity contribution in [2.45, 2.75) is 0 Å². The lowest BCUT2D eigenvalue weighted by molar-refractivity contribution is 1.61. The molecule has 0 heterocycles. The van der Waals surface area contributed by atoms with Crippen LogP contribution in [0.2, 0.25) is 10.0 Å². The van der Waals surface area contributed by atoms with Crippen molar-refractivity contribution in [2.75, 3.05) is 0 Å². The van der Waals surface area contributed by atoms with Gasteiger partial charge in [0.1, 0.15) is 0 Å². The van der Waals surface area contributed by atoms with Gasteiger partial charge in [-0.1, -0.05) is 59.6 Å². The fourth-order valence-electron chi connectivity index (χ4n) is 1.32. The Labute approximate surface area is 93.1 Å². The van der Waals surface area contributed by atoms with Crippen LogP contribution >= 0.6 is 23.2 Å². The zero-order chi connectivity index (χ0) is 9.97. The average Bonchev–Trinajstić information content (AvgIpc) is 2.19. The van der Waals surface area contributed by atoms with Crippen LogP contribution < -0.4 is 0 Å². The van der Waals surface area contributed by atoms with Crippen molar-refractivity contribution in [3.63, 3.8) is 0 Å². The van der Waals surface area contributed by atoms with Gasteiger partial charge in [0.15, 0.2) is 0 Å². The molecule has 0 unspecified atom stereocenters. The normalized spacial score (nSPS) is 10.1. The van der Waals surface area contributed by atoms with Crippen molar-refractivity contribution < 1.29 is 0 Å². The van der Waals surface area contributed by atoms with Gasteiger partial charge in [-0.2, -0.15) is 0 Å². The molecule has 0 spiro atoms. The molecule has 0 aliphatic rings. The molecule has 0 fully saturated rings. The van der Waals surface area contributed by atoms with Gasteiger partial charge in [0, 0.05) is 16.7 Å². The maximum atomic E-state index is 6.06. The summed E-state index contributed by atoms with van der Waals surface area (Å²) in [5.41, 5.74) is 1.86. The molecule has 0 aliphatic heterocycles. The van der Waals surface area contributed by atoms with Gasteiger partial charge in [-0.25, -0.2) is 0 Å². The quantitative estimate of drug-likeness (QED) is 0.668. The number of hydrogen-bond acceptors (Lipinski definition) is 0. The number of halogens is 2. The Bertz CT molecular complexity index is 415. The Morgan fingerprint density at radius 2 is 1.64 bits per heavy atom. The molecule has 2 rings (SSSR count). The summed E-state index contributed by atoms with van der Waals surface area (Å²) < 4.78 is 0. The molecule has 0 nitrogen and oxygen atoms in total. The molecule has 2 aromatic rings. The highest BCUT2D eigenvalue weighted by Gasteiger charge is 2.06. The molecular formula is C12H7Cl2. The molecule has 69 valence electrons. The van der Waals surface area contributed by atoms with E-state index in [-0.39, 0.29) is 0 Å². The molecule has 0 atom stereocenters. The summed E-state index contributed by atoms with van der Waals surface area (Å²) in [6.45, 7) is 0. The Balaban J connectivity index is 2.63. The smallest absolute Gasteiger partial charge is 0.0578 e. The van der Waals surface area contributed by atoms with Gasteiger partial charge in [-0.15, -0.1) is 0 Å². The third kappa shape index (κ3) is 1.77. The average molecular weight is 222 g/mol. The molecule has 14 heavy (non-hydrogen) atoms. The SMILES string of the molecule is Clc1[c]ccc(Cl)c1-c1ccccc1. The predicted molar refractivity (Wildman–Crippen MR) is 60.7 cm³/mol. The third-order valence-electron chi connectivity index (χ3n) is 1.96. The fraction of sp³-hybridized carbons (Fsp3) is 0.